The van der Waals surface area contributed by atoms with E-state index in [-0.39, 0.29) is 11.2 Å². The largest absolute Gasteiger partial charge is 0.450 e. The Balaban J connectivity index is 1.83. The van der Waals surface area contributed by atoms with Crippen LogP contribution in [0.25, 0.3) is 11.0 Å². The van der Waals surface area contributed by atoms with Gasteiger partial charge in [-0.2, -0.15) is 0 Å². The summed E-state index contributed by atoms with van der Waals surface area (Å²) >= 11 is 9.47. The molecule has 0 bridgehead atoms. The molecule has 1 amide bonds. The molecular formula is C23H14BrClN2O3. The third kappa shape index (κ3) is 2.95. The molecule has 3 heterocycles. The van der Waals surface area contributed by atoms with E-state index in [1.165, 1.54) is 4.90 Å². The lowest BCUT2D eigenvalue weighted by Crippen LogP contribution is -2.30. The Kier molecular flexibility index (Phi) is 4.49. The van der Waals surface area contributed by atoms with Gasteiger partial charge < -0.3 is 4.42 Å². The van der Waals surface area contributed by atoms with Crippen molar-refractivity contribution in [3.05, 3.63) is 103 Å². The van der Waals surface area contributed by atoms with E-state index in [0.29, 0.717) is 27.4 Å². The van der Waals surface area contributed by atoms with E-state index in [4.69, 9.17) is 16.0 Å². The highest BCUT2D eigenvalue weighted by Crippen LogP contribution is 2.41. The molecule has 0 fully saturated rings. The monoisotopic (exact) mass is 480 g/mol. The lowest BCUT2D eigenvalue weighted by molar-refractivity contribution is 0.0970. The summed E-state index contributed by atoms with van der Waals surface area (Å²) in [7, 11) is 0. The highest BCUT2D eigenvalue weighted by atomic mass is 79.9. The third-order valence-electron chi connectivity index (χ3n) is 5.17. The maximum Gasteiger partial charge on any atom is 0.296 e. The Bertz CT molecular complexity index is 1380. The van der Waals surface area contributed by atoms with Crippen LogP contribution in [0.4, 0.5) is 5.82 Å². The molecule has 148 valence electrons. The number of halogens is 2. The minimum Gasteiger partial charge on any atom is -0.450 e. The Labute approximate surface area is 185 Å². The van der Waals surface area contributed by atoms with Crippen molar-refractivity contribution in [2.75, 3.05) is 4.90 Å². The molecule has 1 aliphatic heterocycles. The van der Waals surface area contributed by atoms with Crippen molar-refractivity contribution >= 4 is 50.2 Å². The molecule has 0 spiro atoms. The molecule has 0 aliphatic carbocycles. The lowest BCUT2D eigenvalue weighted by Gasteiger charge is -2.24. The second kappa shape index (κ2) is 7.07. The summed E-state index contributed by atoms with van der Waals surface area (Å²) in [5.41, 5.74) is 2.12. The SMILES string of the molecule is Cc1ccnc(N2C(=O)c3oc4ccc(Br)cc4c(=O)c3C2c2ccc(Cl)cc2)c1. The summed E-state index contributed by atoms with van der Waals surface area (Å²) in [6, 6.07) is 15.2. The van der Waals surface area contributed by atoms with E-state index in [0.717, 1.165) is 15.6 Å². The number of benzene rings is 2. The first-order valence-electron chi connectivity index (χ1n) is 9.22. The van der Waals surface area contributed by atoms with E-state index in [1.54, 1.807) is 36.5 Å². The lowest BCUT2D eigenvalue weighted by atomic mass is 9.98. The van der Waals surface area contributed by atoms with Crippen LogP contribution in [0.5, 0.6) is 0 Å². The second-order valence-electron chi connectivity index (χ2n) is 7.14. The number of hydrogen-bond donors (Lipinski definition) is 0. The molecule has 0 saturated carbocycles. The average Bonchev–Trinajstić information content (AvgIpc) is 3.02. The van der Waals surface area contributed by atoms with E-state index >= 15 is 0 Å². The van der Waals surface area contributed by atoms with Crippen LogP contribution in [0.3, 0.4) is 0 Å². The average molecular weight is 482 g/mol. The summed E-state index contributed by atoms with van der Waals surface area (Å²) < 4.78 is 6.70. The molecule has 1 unspecified atom stereocenters. The number of aryl methyl sites for hydroxylation is 1. The number of pyridine rings is 1. The molecule has 30 heavy (non-hydrogen) atoms. The first-order valence-corrected chi connectivity index (χ1v) is 10.4. The summed E-state index contributed by atoms with van der Waals surface area (Å²) in [5.74, 6) is 0.0963. The number of carbonyl (C=O) groups excluding carboxylic acids is 1. The normalized spacial score (nSPS) is 15.6. The fraction of sp³-hybridized carbons (Fsp3) is 0.0870. The highest BCUT2D eigenvalue weighted by molar-refractivity contribution is 9.10. The molecule has 5 nitrogen and oxygen atoms in total. The minimum absolute atomic E-state index is 0.0399. The number of amides is 1. The van der Waals surface area contributed by atoms with Crippen LogP contribution in [0.1, 0.15) is 33.3 Å². The highest BCUT2D eigenvalue weighted by Gasteiger charge is 2.44. The zero-order valence-corrected chi connectivity index (χ0v) is 18.1. The van der Waals surface area contributed by atoms with Crippen LogP contribution in [0, 0.1) is 6.92 Å². The summed E-state index contributed by atoms with van der Waals surface area (Å²) in [6.07, 6.45) is 1.64. The fourth-order valence-electron chi connectivity index (χ4n) is 3.79. The van der Waals surface area contributed by atoms with Crippen molar-refractivity contribution in [2.24, 2.45) is 0 Å². The van der Waals surface area contributed by atoms with Crippen LogP contribution in [-0.4, -0.2) is 10.9 Å². The maximum atomic E-state index is 13.5. The van der Waals surface area contributed by atoms with Gasteiger partial charge in [0.05, 0.1) is 17.0 Å². The molecule has 0 radical (unpaired) electrons. The number of carbonyl (C=O) groups is 1. The quantitative estimate of drug-likeness (QED) is 0.370. The fourth-order valence-corrected chi connectivity index (χ4v) is 4.28. The van der Waals surface area contributed by atoms with Crippen LogP contribution >= 0.6 is 27.5 Å². The van der Waals surface area contributed by atoms with Crippen LogP contribution in [0.2, 0.25) is 5.02 Å². The smallest absolute Gasteiger partial charge is 0.296 e. The van der Waals surface area contributed by atoms with Gasteiger partial charge in [-0.25, -0.2) is 4.98 Å². The summed E-state index contributed by atoms with van der Waals surface area (Å²) in [5, 5.41) is 0.979. The zero-order chi connectivity index (χ0) is 21.0. The predicted octanol–water partition coefficient (Wildman–Crippen LogP) is 5.66. The number of nitrogens with zero attached hydrogens (tertiary/aromatic N) is 2. The van der Waals surface area contributed by atoms with Gasteiger partial charge in [-0.1, -0.05) is 39.7 Å². The first kappa shape index (κ1) is 19.0. The van der Waals surface area contributed by atoms with Gasteiger partial charge in [-0.3, -0.25) is 14.5 Å². The van der Waals surface area contributed by atoms with E-state index < -0.39 is 11.9 Å². The summed E-state index contributed by atoms with van der Waals surface area (Å²) in [4.78, 5) is 32.8. The number of fused-ring (bicyclic) bond motifs is 2. The molecule has 7 heteroatoms. The topological polar surface area (TPSA) is 63.4 Å². The predicted molar refractivity (Wildman–Crippen MR) is 119 cm³/mol. The Morgan fingerprint density at radius 2 is 1.83 bits per heavy atom. The Morgan fingerprint density at radius 1 is 1.07 bits per heavy atom. The standard InChI is InChI=1S/C23H14BrClN2O3/c1-12-8-9-26-18(10-12)27-20(13-2-5-15(25)6-3-13)19-21(28)16-11-14(24)4-7-17(16)30-22(19)23(27)29/h2-11,20H,1H3. The third-order valence-corrected chi connectivity index (χ3v) is 5.91. The molecule has 2 aromatic heterocycles. The maximum absolute atomic E-state index is 13.5. The van der Waals surface area contributed by atoms with Gasteiger partial charge in [-0.15, -0.1) is 0 Å². The van der Waals surface area contributed by atoms with Gasteiger partial charge >= 0.3 is 0 Å². The van der Waals surface area contributed by atoms with Gasteiger partial charge in [0.2, 0.25) is 5.76 Å². The van der Waals surface area contributed by atoms with Crippen molar-refractivity contribution in [1.29, 1.82) is 0 Å². The molecule has 1 atom stereocenters. The van der Waals surface area contributed by atoms with Crippen molar-refractivity contribution in [1.82, 2.24) is 4.98 Å². The summed E-state index contributed by atoms with van der Waals surface area (Å²) in [6.45, 7) is 1.92. The zero-order valence-electron chi connectivity index (χ0n) is 15.7. The number of hydrogen-bond acceptors (Lipinski definition) is 4. The molecule has 1 aliphatic rings. The second-order valence-corrected chi connectivity index (χ2v) is 8.49. The molecule has 0 N–H and O–H groups in total. The number of aromatic nitrogens is 1. The first-order chi connectivity index (χ1) is 14.4. The van der Waals surface area contributed by atoms with Crippen molar-refractivity contribution in [2.45, 2.75) is 13.0 Å². The Morgan fingerprint density at radius 3 is 2.57 bits per heavy atom. The minimum atomic E-state index is -0.668. The van der Waals surface area contributed by atoms with Gasteiger partial charge in [0, 0.05) is 15.7 Å². The van der Waals surface area contributed by atoms with Crippen molar-refractivity contribution in [3.8, 4) is 0 Å². The van der Waals surface area contributed by atoms with E-state index in [1.807, 2.05) is 31.2 Å². The Hall–Kier alpha value is -2.96. The van der Waals surface area contributed by atoms with Gasteiger partial charge in [-0.05, 0) is 60.5 Å². The number of anilines is 1. The van der Waals surface area contributed by atoms with Crippen molar-refractivity contribution < 1.29 is 9.21 Å². The number of rotatable bonds is 2. The van der Waals surface area contributed by atoms with Gasteiger partial charge in [0.25, 0.3) is 5.91 Å². The van der Waals surface area contributed by atoms with Crippen molar-refractivity contribution in [3.63, 3.8) is 0 Å². The molecular weight excluding hydrogens is 468 g/mol. The molecule has 0 saturated heterocycles. The van der Waals surface area contributed by atoms with Crippen LogP contribution in [0.15, 0.2) is 74.5 Å². The van der Waals surface area contributed by atoms with Gasteiger partial charge in [0.1, 0.15) is 11.4 Å². The molecule has 5 rings (SSSR count). The van der Waals surface area contributed by atoms with Crippen LogP contribution < -0.4 is 10.3 Å². The van der Waals surface area contributed by atoms with Gasteiger partial charge in [0.15, 0.2) is 5.43 Å². The van der Waals surface area contributed by atoms with E-state index in [9.17, 15) is 9.59 Å². The van der Waals surface area contributed by atoms with E-state index in [2.05, 4.69) is 20.9 Å². The van der Waals surface area contributed by atoms with Crippen LogP contribution in [-0.2, 0) is 0 Å². The molecule has 4 aromatic rings. The molecule has 2 aromatic carbocycles.